The van der Waals surface area contributed by atoms with Crippen LogP contribution in [0.5, 0.6) is 0 Å². The third-order valence-corrected chi connectivity index (χ3v) is 4.95. The molecule has 0 aliphatic heterocycles. The molecule has 24 heavy (non-hydrogen) atoms. The molecule has 3 rings (SSSR count). The third kappa shape index (κ3) is 2.96. The summed E-state index contributed by atoms with van der Waals surface area (Å²) in [5.74, 6) is 0. The quantitative estimate of drug-likeness (QED) is 0.562. The minimum absolute atomic E-state index is 0.115. The van der Waals surface area contributed by atoms with Crippen molar-refractivity contribution in [3.05, 3.63) is 63.7 Å². The second-order valence-electron chi connectivity index (χ2n) is 5.57. The summed E-state index contributed by atoms with van der Waals surface area (Å²) in [5, 5.41) is 29.3. The van der Waals surface area contributed by atoms with E-state index in [1.807, 2.05) is 24.3 Å². The first-order chi connectivity index (χ1) is 11.3. The number of nitrogens with zero attached hydrogens (tertiary/aromatic N) is 1. The number of nitrogens with two attached hydrogens (primary N) is 1. The average molecular weight is 349 g/mol. The Hall–Kier alpha value is -2.49. The van der Waals surface area contributed by atoms with Gasteiger partial charge in [-0.1, -0.05) is 24.3 Å². The second kappa shape index (κ2) is 5.86. The van der Waals surface area contributed by atoms with Gasteiger partial charge in [0.1, 0.15) is 4.90 Å². The predicted molar refractivity (Wildman–Crippen MR) is 87.0 cm³/mol. The Kier molecular flexibility index (Phi) is 3.99. The Labute approximate surface area is 138 Å². The highest BCUT2D eigenvalue weighted by Crippen LogP contribution is 2.36. The number of nitro benzene ring substituents is 1. The van der Waals surface area contributed by atoms with E-state index in [9.17, 15) is 23.6 Å². The monoisotopic (exact) mass is 349 g/mol. The maximum absolute atomic E-state index is 11.8. The van der Waals surface area contributed by atoms with Crippen LogP contribution in [0.4, 0.5) is 11.4 Å². The molecular weight excluding hydrogens is 334 g/mol. The van der Waals surface area contributed by atoms with E-state index in [1.165, 1.54) is 12.1 Å². The number of sulfonamides is 1. The van der Waals surface area contributed by atoms with Crippen LogP contribution >= 0.6 is 0 Å². The molecule has 0 bridgehead atoms. The molecule has 0 heterocycles. The number of fused-ring (bicyclic) bond motifs is 1. The van der Waals surface area contributed by atoms with Crippen LogP contribution in [0.1, 0.15) is 17.2 Å². The zero-order valence-electron chi connectivity index (χ0n) is 12.4. The third-order valence-electron chi connectivity index (χ3n) is 4.00. The van der Waals surface area contributed by atoms with E-state index in [4.69, 9.17) is 5.14 Å². The highest BCUT2D eigenvalue weighted by atomic mass is 32.2. The van der Waals surface area contributed by atoms with Crippen molar-refractivity contribution in [1.82, 2.24) is 0 Å². The Morgan fingerprint density at radius 1 is 1.25 bits per heavy atom. The van der Waals surface area contributed by atoms with Gasteiger partial charge in [-0.2, -0.15) is 0 Å². The number of rotatable bonds is 4. The molecule has 1 aliphatic carbocycles. The summed E-state index contributed by atoms with van der Waals surface area (Å²) < 4.78 is 23.6. The Morgan fingerprint density at radius 2 is 1.96 bits per heavy atom. The average Bonchev–Trinajstić information content (AvgIpc) is 2.82. The lowest BCUT2D eigenvalue weighted by atomic mass is 10.1. The lowest BCUT2D eigenvalue weighted by Crippen LogP contribution is -2.23. The molecule has 0 unspecified atom stereocenters. The van der Waals surface area contributed by atoms with Gasteiger partial charge in [0.15, 0.2) is 0 Å². The van der Waals surface area contributed by atoms with Crippen molar-refractivity contribution in [3.8, 4) is 0 Å². The largest absolute Gasteiger partial charge is 0.390 e. The topological polar surface area (TPSA) is 136 Å². The van der Waals surface area contributed by atoms with Crippen LogP contribution in [0.3, 0.4) is 0 Å². The van der Waals surface area contributed by atoms with Crippen LogP contribution in [-0.4, -0.2) is 24.6 Å². The molecule has 2 atom stereocenters. The fourth-order valence-corrected chi connectivity index (χ4v) is 3.61. The van der Waals surface area contributed by atoms with E-state index in [-0.39, 0.29) is 16.3 Å². The van der Waals surface area contributed by atoms with E-state index in [0.717, 1.165) is 17.2 Å². The molecule has 1 aliphatic rings. The number of aliphatic hydroxyl groups excluding tert-OH is 1. The molecule has 0 spiro atoms. The predicted octanol–water partition coefficient (Wildman–Crippen LogP) is 1.31. The van der Waals surface area contributed by atoms with Crippen LogP contribution in [0, 0.1) is 10.1 Å². The SMILES string of the molecule is NS(=O)(=O)c1cc([N+](=O)[O-])ccc1N[C@H]1c2ccccc2C[C@H]1O. The maximum atomic E-state index is 11.8. The van der Waals surface area contributed by atoms with Gasteiger partial charge < -0.3 is 10.4 Å². The lowest BCUT2D eigenvalue weighted by molar-refractivity contribution is -0.385. The molecule has 0 fully saturated rings. The number of aliphatic hydroxyl groups is 1. The van der Waals surface area contributed by atoms with Gasteiger partial charge >= 0.3 is 0 Å². The summed E-state index contributed by atoms with van der Waals surface area (Å²) in [4.78, 5) is 9.78. The summed E-state index contributed by atoms with van der Waals surface area (Å²) in [7, 11) is -4.17. The normalized spacial score (nSPS) is 19.8. The lowest BCUT2D eigenvalue weighted by Gasteiger charge is -2.20. The van der Waals surface area contributed by atoms with Crippen molar-refractivity contribution in [2.45, 2.75) is 23.5 Å². The van der Waals surface area contributed by atoms with Gasteiger partial charge in [-0.25, -0.2) is 13.6 Å². The zero-order chi connectivity index (χ0) is 17.5. The summed E-state index contributed by atoms with van der Waals surface area (Å²) in [5.41, 5.74) is 1.55. The first-order valence-electron chi connectivity index (χ1n) is 7.11. The molecule has 2 aromatic rings. The standard InChI is InChI=1S/C15H15N3O5S/c16-24(22,23)14-8-10(18(20)21)5-6-12(14)17-15-11-4-2-1-3-9(11)7-13(15)19/h1-6,8,13,15,17,19H,7H2,(H2,16,22,23)/t13-,15+/m1/s1. The number of nitrogens with one attached hydrogen (secondary N) is 1. The zero-order valence-corrected chi connectivity index (χ0v) is 13.2. The molecule has 0 amide bonds. The highest BCUT2D eigenvalue weighted by Gasteiger charge is 2.32. The van der Waals surface area contributed by atoms with Gasteiger partial charge in [0, 0.05) is 18.6 Å². The van der Waals surface area contributed by atoms with E-state index >= 15 is 0 Å². The van der Waals surface area contributed by atoms with E-state index in [0.29, 0.717) is 6.42 Å². The van der Waals surface area contributed by atoms with Crippen LogP contribution in [0.15, 0.2) is 47.4 Å². The molecule has 4 N–H and O–H groups in total. The fourth-order valence-electron chi connectivity index (χ4n) is 2.89. The van der Waals surface area contributed by atoms with Gasteiger partial charge in [0.25, 0.3) is 5.69 Å². The van der Waals surface area contributed by atoms with Crippen molar-refractivity contribution < 1.29 is 18.4 Å². The number of hydrogen-bond acceptors (Lipinski definition) is 6. The smallest absolute Gasteiger partial charge is 0.270 e. The Bertz CT molecular complexity index is 913. The van der Waals surface area contributed by atoms with E-state index < -0.39 is 27.1 Å². The first kappa shape index (κ1) is 16.4. The summed E-state index contributed by atoms with van der Waals surface area (Å²) in [6.45, 7) is 0. The Balaban J connectivity index is 2.03. The minimum Gasteiger partial charge on any atom is -0.390 e. The number of primary sulfonamides is 1. The first-order valence-corrected chi connectivity index (χ1v) is 8.65. The minimum atomic E-state index is -4.17. The van der Waals surface area contributed by atoms with Gasteiger partial charge in [-0.05, 0) is 17.2 Å². The van der Waals surface area contributed by atoms with E-state index in [1.54, 1.807) is 0 Å². The van der Waals surface area contributed by atoms with Crippen LogP contribution in [0.2, 0.25) is 0 Å². The van der Waals surface area contributed by atoms with Crippen molar-refractivity contribution in [2.24, 2.45) is 5.14 Å². The molecule has 0 aromatic heterocycles. The van der Waals surface area contributed by atoms with E-state index in [2.05, 4.69) is 5.32 Å². The number of anilines is 1. The molecule has 9 heteroatoms. The van der Waals surface area contributed by atoms with Gasteiger partial charge in [0.05, 0.1) is 22.8 Å². The summed E-state index contributed by atoms with van der Waals surface area (Å²) in [6, 6.07) is 10.3. The molecule has 0 saturated carbocycles. The second-order valence-corrected chi connectivity index (χ2v) is 7.10. The van der Waals surface area contributed by atoms with Gasteiger partial charge in [-0.3, -0.25) is 10.1 Å². The van der Waals surface area contributed by atoms with Crippen molar-refractivity contribution >= 4 is 21.4 Å². The number of non-ortho nitro benzene ring substituents is 1. The molecule has 126 valence electrons. The molecule has 2 aromatic carbocycles. The van der Waals surface area contributed by atoms with Crippen molar-refractivity contribution in [1.29, 1.82) is 0 Å². The van der Waals surface area contributed by atoms with Crippen LogP contribution in [0.25, 0.3) is 0 Å². The summed E-state index contributed by atoms with van der Waals surface area (Å²) >= 11 is 0. The number of benzene rings is 2. The number of hydrogen-bond donors (Lipinski definition) is 3. The molecule has 8 nitrogen and oxygen atoms in total. The van der Waals surface area contributed by atoms with Crippen molar-refractivity contribution in [2.75, 3.05) is 5.32 Å². The van der Waals surface area contributed by atoms with Crippen LogP contribution in [-0.2, 0) is 16.4 Å². The fraction of sp³-hybridized carbons (Fsp3) is 0.200. The van der Waals surface area contributed by atoms with Crippen LogP contribution < -0.4 is 10.5 Å². The molecule has 0 saturated heterocycles. The Morgan fingerprint density at radius 3 is 2.62 bits per heavy atom. The van der Waals surface area contributed by atoms with Gasteiger partial charge in [-0.15, -0.1) is 0 Å². The number of nitro groups is 1. The van der Waals surface area contributed by atoms with Crippen molar-refractivity contribution in [3.63, 3.8) is 0 Å². The summed E-state index contributed by atoms with van der Waals surface area (Å²) in [6.07, 6.45) is -0.308. The highest BCUT2D eigenvalue weighted by molar-refractivity contribution is 7.89. The molecular formula is C15H15N3O5S. The maximum Gasteiger partial charge on any atom is 0.270 e. The van der Waals surface area contributed by atoms with Gasteiger partial charge in [0.2, 0.25) is 10.0 Å². The molecule has 0 radical (unpaired) electrons.